The van der Waals surface area contributed by atoms with Gasteiger partial charge in [-0.15, -0.1) is 11.3 Å². The molecule has 2 N–H and O–H groups in total. The molecule has 0 amide bonds. The van der Waals surface area contributed by atoms with Gasteiger partial charge in [0.2, 0.25) is 0 Å². The highest BCUT2D eigenvalue weighted by atomic mass is 32.1. The van der Waals surface area contributed by atoms with Crippen LogP contribution in [0.4, 0.5) is 0 Å². The number of aryl methyl sites for hydroxylation is 2. The van der Waals surface area contributed by atoms with Gasteiger partial charge in [-0.05, 0) is 31.2 Å². The second-order valence-corrected chi connectivity index (χ2v) is 6.52. The molecule has 0 radical (unpaired) electrons. The van der Waals surface area contributed by atoms with E-state index in [2.05, 4.69) is 0 Å². The number of carboxylic acid groups (broad SMARTS) is 2. The number of thiophene rings is 1. The van der Waals surface area contributed by atoms with Crippen molar-refractivity contribution in [2.75, 3.05) is 0 Å². The Labute approximate surface area is 133 Å². The van der Waals surface area contributed by atoms with Crippen molar-refractivity contribution in [2.45, 2.75) is 38.8 Å². The van der Waals surface area contributed by atoms with E-state index in [4.69, 9.17) is 10.2 Å². The van der Waals surface area contributed by atoms with E-state index in [9.17, 15) is 19.2 Å². The smallest absolute Gasteiger partial charge is 0.333 e. The number of aromatic nitrogens is 2. The van der Waals surface area contributed by atoms with Crippen molar-refractivity contribution in [2.24, 2.45) is 0 Å². The number of rotatable bonds is 4. The number of aliphatic carboxylic acids is 2. The first-order valence-corrected chi connectivity index (χ1v) is 7.93. The first-order valence-electron chi connectivity index (χ1n) is 7.11. The van der Waals surface area contributed by atoms with Crippen molar-refractivity contribution in [3.05, 3.63) is 31.3 Å². The van der Waals surface area contributed by atoms with Crippen molar-refractivity contribution in [3.8, 4) is 0 Å². The molecular formula is C14H14N2O6S. The van der Waals surface area contributed by atoms with E-state index in [1.54, 1.807) is 0 Å². The Bertz CT molecular complexity index is 935. The van der Waals surface area contributed by atoms with Gasteiger partial charge in [0.15, 0.2) is 0 Å². The van der Waals surface area contributed by atoms with Crippen molar-refractivity contribution >= 4 is 33.5 Å². The van der Waals surface area contributed by atoms with Crippen LogP contribution in [0.5, 0.6) is 0 Å². The molecule has 122 valence electrons. The average molecular weight is 338 g/mol. The molecule has 23 heavy (non-hydrogen) atoms. The van der Waals surface area contributed by atoms with Crippen LogP contribution in [0.25, 0.3) is 10.2 Å². The van der Waals surface area contributed by atoms with Crippen molar-refractivity contribution in [1.29, 1.82) is 0 Å². The van der Waals surface area contributed by atoms with Crippen LogP contribution in [-0.4, -0.2) is 31.3 Å². The normalized spacial score (nSPS) is 13.9. The summed E-state index contributed by atoms with van der Waals surface area (Å²) in [6.45, 7) is -1.38. The lowest BCUT2D eigenvalue weighted by Gasteiger charge is -2.11. The van der Waals surface area contributed by atoms with Gasteiger partial charge in [-0.3, -0.25) is 19.0 Å². The summed E-state index contributed by atoms with van der Waals surface area (Å²) >= 11 is 1.26. The fourth-order valence-corrected chi connectivity index (χ4v) is 4.34. The molecule has 0 spiro atoms. The molecule has 0 saturated carbocycles. The molecule has 0 fully saturated rings. The van der Waals surface area contributed by atoms with Gasteiger partial charge in [0, 0.05) is 4.88 Å². The SMILES string of the molecule is O=C(O)Cn1c(=O)c2c3c(sc2n(CC(=O)O)c1=O)CCCC3. The highest BCUT2D eigenvalue weighted by Crippen LogP contribution is 2.34. The molecule has 0 aromatic carbocycles. The summed E-state index contributed by atoms with van der Waals surface area (Å²) in [5, 5.41) is 18.3. The van der Waals surface area contributed by atoms with Crippen LogP contribution in [-0.2, 0) is 35.5 Å². The summed E-state index contributed by atoms with van der Waals surface area (Å²) in [5.74, 6) is -2.55. The minimum absolute atomic E-state index is 0.298. The summed E-state index contributed by atoms with van der Waals surface area (Å²) in [6.07, 6.45) is 3.36. The zero-order chi connectivity index (χ0) is 16.7. The van der Waals surface area contributed by atoms with E-state index in [1.807, 2.05) is 0 Å². The van der Waals surface area contributed by atoms with Crippen molar-refractivity contribution in [3.63, 3.8) is 0 Å². The summed E-state index contributed by atoms with van der Waals surface area (Å²) in [6, 6.07) is 0. The Morgan fingerprint density at radius 1 is 1.00 bits per heavy atom. The number of carboxylic acids is 2. The molecule has 0 unspecified atom stereocenters. The zero-order valence-corrected chi connectivity index (χ0v) is 12.9. The monoisotopic (exact) mass is 338 g/mol. The fraction of sp³-hybridized carbons (Fsp3) is 0.429. The lowest BCUT2D eigenvalue weighted by Crippen LogP contribution is -2.42. The maximum atomic E-state index is 12.6. The summed E-state index contributed by atoms with van der Waals surface area (Å²) in [5.41, 5.74) is -0.709. The van der Waals surface area contributed by atoms with Gasteiger partial charge in [0.25, 0.3) is 5.56 Å². The van der Waals surface area contributed by atoms with E-state index < -0.39 is 36.3 Å². The molecular weight excluding hydrogens is 324 g/mol. The predicted molar refractivity (Wildman–Crippen MR) is 82.3 cm³/mol. The topological polar surface area (TPSA) is 119 Å². The Hall–Kier alpha value is -2.42. The molecule has 0 bridgehead atoms. The van der Waals surface area contributed by atoms with Crippen LogP contribution in [0.2, 0.25) is 0 Å². The minimum Gasteiger partial charge on any atom is -0.480 e. The highest BCUT2D eigenvalue weighted by Gasteiger charge is 2.24. The van der Waals surface area contributed by atoms with Crippen molar-refractivity contribution < 1.29 is 19.8 Å². The summed E-state index contributed by atoms with van der Waals surface area (Å²) in [7, 11) is 0. The van der Waals surface area contributed by atoms with Crippen LogP contribution in [0.15, 0.2) is 9.59 Å². The predicted octanol–water partition coefficient (Wildman–Crippen LogP) is 0.273. The quantitative estimate of drug-likeness (QED) is 0.826. The number of nitrogens with zero attached hydrogens (tertiary/aromatic N) is 2. The molecule has 1 aliphatic carbocycles. The summed E-state index contributed by atoms with van der Waals surface area (Å²) < 4.78 is 1.60. The summed E-state index contributed by atoms with van der Waals surface area (Å²) in [4.78, 5) is 48.3. The third kappa shape index (κ3) is 2.56. The van der Waals surface area contributed by atoms with Gasteiger partial charge in [0.1, 0.15) is 17.9 Å². The second kappa shape index (κ2) is 5.65. The van der Waals surface area contributed by atoms with Gasteiger partial charge in [-0.25, -0.2) is 9.36 Å². The van der Waals surface area contributed by atoms with E-state index in [0.717, 1.165) is 34.3 Å². The van der Waals surface area contributed by atoms with Gasteiger partial charge < -0.3 is 10.2 Å². The van der Waals surface area contributed by atoms with Crippen molar-refractivity contribution in [1.82, 2.24) is 9.13 Å². The maximum Gasteiger partial charge on any atom is 0.333 e. The second-order valence-electron chi connectivity index (χ2n) is 5.44. The number of hydrogen-bond donors (Lipinski definition) is 2. The lowest BCUT2D eigenvalue weighted by molar-refractivity contribution is -0.138. The van der Waals surface area contributed by atoms with Gasteiger partial charge in [0.05, 0.1) is 5.39 Å². The molecule has 2 heterocycles. The third-order valence-corrected chi connectivity index (χ3v) is 5.22. The molecule has 2 aromatic rings. The Kier molecular flexibility index (Phi) is 3.80. The van der Waals surface area contributed by atoms with E-state index >= 15 is 0 Å². The van der Waals surface area contributed by atoms with Crippen LogP contribution in [0, 0.1) is 0 Å². The van der Waals surface area contributed by atoms with Gasteiger partial charge >= 0.3 is 17.6 Å². The Morgan fingerprint density at radius 2 is 1.61 bits per heavy atom. The zero-order valence-electron chi connectivity index (χ0n) is 12.1. The average Bonchev–Trinajstić information content (AvgIpc) is 2.87. The van der Waals surface area contributed by atoms with E-state index in [0.29, 0.717) is 21.2 Å². The minimum atomic E-state index is -1.32. The van der Waals surface area contributed by atoms with E-state index in [-0.39, 0.29) is 0 Å². The van der Waals surface area contributed by atoms with Crippen LogP contribution in [0.3, 0.4) is 0 Å². The third-order valence-electron chi connectivity index (χ3n) is 3.91. The van der Waals surface area contributed by atoms with Crippen LogP contribution < -0.4 is 11.2 Å². The highest BCUT2D eigenvalue weighted by molar-refractivity contribution is 7.18. The molecule has 0 saturated heterocycles. The van der Waals surface area contributed by atoms with Gasteiger partial charge in [-0.1, -0.05) is 0 Å². The van der Waals surface area contributed by atoms with Crippen LogP contribution >= 0.6 is 11.3 Å². The molecule has 9 heteroatoms. The number of fused-ring (bicyclic) bond motifs is 3. The number of hydrogen-bond acceptors (Lipinski definition) is 5. The standard InChI is InChI=1S/C14H14N2O6S/c17-9(18)5-15-12(21)11-7-3-1-2-4-8(7)23-13(11)16(14(15)22)6-10(19)20/h1-6H2,(H,17,18)(H,19,20). The maximum absolute atomic E-state index is 12.6. The van der Waals surface area contributed by atoms with Crippen LogP contribution in [0.1, 0.15) is 23.3 Å². The molecule has 2 aromatic heterocycles. The number of carbonyl (C=O) groups is 2. The van der Waals surface area contributed by atoms with Gasteiger partial charge in [-0.2, -0.15) is 0 Å². The lowest BCUT2D eigenvalue weighted by atomic mass is 9.97. The molecule has 8 nitrogen and oxygen atoms in total. The molecule has 0 aliphatic heterocycles. The van der Waals surface area contributed by atoms with E-state index in [1.165, 1.54) is 11.3 Å². The fourth-order valence-electron chi connectivity index (χ4n) is 2.97. The molecule has 0 atom stereocenters. The first kappa shape index (κ1) is 15.5. The molecule has 1 aliphatic rings. The molecule has 3 rings (SSSR count). The Balaban J connectivity index is 2.40. The Morgan fingerprint density at radius 3 is 2.26 bits per heavy atom. The largest absolute Gasteiger partial charge is 0.480 e. The first-order chi connectivity index (χ1) is 10.9.